The molecule has 1 aromatic carbocycles. The maximum atomic E-state index is 11.9. The van der Waals surface area contributed by atoms with Crippen LogP contribution in [0.25, 0.3) is 0 Å². The van der Waals surface area contributed by atoms with Gasteiger partial charge < -0.3 is 15.5 Å². The number of hydrogen-bond donors (Lipinski definition) is 3. The Morgan fingerprint density at radius 1 is 1.15 bits per heavy atom. The average Bonchev–Trinajstić information content (AvgIpc) is 2.48. The highest BCUT2D eigenvalue weighted by Gasteiger charge is 2.24. The van der Waals surface area contributed by atoms with Gasteiger partial charge in [-0.3, -0.25) is 4.79 Å². The number of amides is 1. The fourth-order valence-electron chi connectivity index (χ4n) is 2.90. The fourth-order valence-corrected chi connectivity index (χ4v) is 2.90. The molecule has 2 unspecified atom stereocenters. The zero-order chi connectivity index (χ0) is 14.4. The number of nitrogens with one attached hydrogen (secondary N) is 1. The average molecular weight is 277 g/mol. The van der Waals surface area contributed by atoms with Crippen LogP contribution in [0, 0.1) is 11.8 Å². The van der Waals surface area contributed by atoms with E-state index < -0.39 is 0 Å². The first-order valence-corrected chi connectivity index (χ1v) is 7.34. The van der Waals surface area contributed by atoms with Gasteiger partial charge in [0.05, 0.1) is 6.42 Å². The monoisotopic (exact) mass is 277 g/mol. The Balaban J connectivity index is 1.78. The molecule has 0 saturated heterocycles. The van der Waals surface area contributed by atoms with Gasteiger partial charge in [0.25, 0.3) is 0 Å². The Labute approximate surface area is 119 Å². The van der Waals surface area contributed by atoms with Crippen LogP contribution in [-0.4, -0.2) is 29.3 Å². The highest BCUT2D eigenvalue weighted by molar-refractivity contribution is 5.78. The first-order chi connectivity index (χ1) is 9.69. The summed E-state index contributed by atoms with van der Waals surface area (Å²) in [4.78, 5) is 11.9. The molecule has 1 aromatic rings. The van der Waals surface area contributed by atoms with Gasteiger partial charge in [-0.2, -0.15) is 0 Å². The van der Waals surface area contributed by atoms with E-state index in [2.05, 4.69) is 5.32 Å². The van der Waals surface area contributed by atoms with Gasteiger partial charge in [0.1, 0.15) is 5.75 Å². The van der Waals surface area contributed by atoms with Gasteiger partial charge in [0, 0.05) is 13.2 Å². The van der Waals surface area contributed by atoms with E-state index in [4.69, 9.17) is 0 Å². The number of phenols is 1. The van der Waals surface area contributed by atoms with Gasteiger partial charge in [-0.15, -0.1) is 0 Å². The van der Waals surface area contributed by atoms with Gasteiger partial charge in [0.2, 0.25) is 5.91 Å². The topological polar surface area (TPSA) is 69.6 Å². The maximum absolute atomic E-state index is 11.9. The summed E-state index contributed by atoms with van der Waals surface area (Å²) in [5, 5.41) is 21.5. The molecule has 1 fully saturated rings. The first-order valence-electron chi connectivity index (χ1n) is 7.34. The molecule has 0 heterocycles. The minimum Gasteiger partial charge on any atom is -0.508 e. The molecular weight excluding hydrogens is 254 g/mol. The van der Waals surface area contributed by atoms with Crippen molar-refractivity contribution in [2.45, 2.75) is 32.1 Å². The molecule has 110 valence electrons. The van der Waals surface area contributed by atoms with Crippen LogP contribution < -0.4 is 5.32 Å². The lowest BCUT2D eigenvalue weighted by Crippen LogP contribution is -2.36. The molecule has 0 radical (unpaired) electrons. The number of carbonyl (C=O) groups is 1. The molecule has 1 aliphatic rings. The predicted molar refractivity (Wildman–Crippen MR) is 77.4 cm³/mol. The molecule has 0 aromatic heterocycles. The molecule has 0 aliphatic heterocycles. The Bertz CT molecular complexity index is 430. The van der Waals surface area contributed by atoms with Crippen LogP contribution in [0.4, 0.5) is 0 Å². The van der Waals surface area contributed by atoms with E-state index in [1.54, 1.807) is 24.3 Å². The van der Waals surface area contributed by atoms with E-state index in [9.17, 15) is 15.0 Å². The van der Waals surface area contributed by atoms with E-state index in [1.807, 2.05) is 0 Å². The summed E-state index contributed by atoms with van der Waals surface area (Å²) in [6.45, 7) is 0.876. The molecule has 3 N–H and O–H groups in total. The SMILES string of the molecule is O=C(Cc1ccc(O)cc1)NCC1CCCCC1CO. The van der Waals surface area contributed by atoms with Crippen LogP contribution in [0.5, 0.6) is 5.75 Å². The highest BCUT2D eigenvalue weighted by Crippen LogP contribution is 2.29. The number of aliphatic hydroxyl groups excluding tert-OH is 1. The summed E-state index contributed by atoms with van der Waals surface area (Å²) in [6.07, 6.45) is 4.86. The van der Waals surface area contributed by atoms with Crippen molar-refractivity contribution < 1.29 is 15.0 Å². The van der Waals surface area contributed by atoms with Crippen molar-refractivity contribution in [2.24, 2.45) is 11.8 Å². The van der Waals surface area contributed by atoms with E-state index in [0.717, 1.165) is 18.4 Å². The second kappa shape index (κ2) is 7.29. The molecule has 4 heteroatoms. The summed E-state index contributed by atoms with van der Waals surface area (Å²) < 4.78 is 0. The molecular formula is C16H23NO3. The smallest absolute Gasteiger partial charge is 0.224 e. The number of aromatic hydroxyl groups is 1. The Hall–Kier alpha value is -1.55. The summed E-state index contributed by atoms with van der Waals surface area (Å²) in [7, 11) is 0. The molecule has 1 saturated carbocycles. The second-order valence-corrected chi connectivity index (χ2v) is 5.63. The van der Waals surface area contributed by atoms with Crippen LogP contribution in [0.15, 0.2) is 24.3 Å². The standard InChI is InChI=1S/C16H23NO3/c18-11-14-4-2-1-3-13(14)10-17-16(20)9-12-5-7-15(19)8-6-12/h5-8,13-14,18-19H,1-4,9-11H2,(H,17,20). The molecule has 1 amide bonds. The molecule has 20 heavy (non-hydrogen) atoms. The number of hydrogen-bond acceptors (Lipinski definition) is 3. The Morgan fingerprint density at radius 2 is 1.80 bits per heavy atom. The van der Waals surface area contributed by atoms with Crippen molar-refractivity contribution in [1.82, 2.24) is 5.32 Å². The Kier molecular flexibility index (Phi) is 5.41. The molecule has 1 aliphatic carbocycles. The summed E-state index contributed by atoms with van der Waals surface area (Å²) in [6, 6.07) is 6.69. The maximum Gasteiger partial charge on any atom is 0.224 e. The molecule has 0 bridgehead atoms. The van der Waals surface area contributed by atoms with Crippen LogP contribution in [0.3, 0.4) is 0 Å². The lowest BCUT2D eigenvalue weighted by atomic mass is 9.79. The fraction of sp³-hybridized carbons (Fsp3) is 0.562. The highest BCUT2D eigenvalue weighted by atomic mass is 16.3. The van der Waals surface area contributed by atoms with Crippen molar-refractivity contribution >= 4 is 5.91 Å². The van der Waals surface area contributed by atoms with E-state index >= 15 is 0 Å². The normalized spacial score (nSPS) is 22.4. The number of aliphatic hydroxyl groups is 1. The number of carbonyl (C=O) groups excluding carboxylic acids is 1. The summed E-state index contributed by atoms with van der Waals surface area (Å²) >= 11 is 0. The van der Waals surface area contributed by atoms with Crippen molar-refractivity contribution in [3.63, 3.8) is 0 Å². The molecule has 4 nitrogen and oxygen atoms in total. The Morgan fingerprint density at radius 3 is 2.45 bits per heavy atom. The van der Waals surface area contributed by atoms with E-state index in [0.29, 0.717) is 24.8 Å². The lowest BCUT2D eigenvalue weighted by Gasteiger charge is -2.30. The number of benzene rings is 1. The molecule has 2 rings (SSSR count). The van der Waals surface area contributed by atoms with Gasteiger partial charge in [-0.25, -0.2) is 0 Å². The predicted octanol–water partition coefficient (Wildman–Crippen LogP) is 1.85. The second-order valence-electron chi connectivity index (χ2n) is 5.63. The van der Waals surface area contributed by atoms with E-state index in [1.165, 1.54) is 12.8 Å². The van der Waals surface area contributed by atoms with Gasteiger partial charge >= 0.3 is 0 Å². The van der Waals surface area contributed by atoms with Crippen molar-refractivity contribution in [3.8, 4) is 5.75 Å². The van der Waals surface area contributed by atoms with Gasteiger partial charge in [-0.05, 0) is 42.4 Å². The largest absolute Gasteiger partial charge is 0.508 e. The van der Waals surface area contributed by atoms with Crippen LogP contribution in [0.2, 0.25) is 0 Å². The zero-order valence-electron chi connectivity index (χ0n) is 11.7. The number of phenolic OH excluding ortho intramolecular Hbond substituents is 1. The third kappa shape index (κ3) is 4.23. The minimum absolute atomic E-state index is 0.00190. The zero-order valence-corrected chi connectivity index (χ0v) is 11.7. The van der Waals surface area contributed by atoms with Crippen molar-refractivity contribution in [3.05, 3.63) is 29.8 Å². The van der Waals surface area contributed by atoms with Crippen LogP contribution >= 0.6 is 0 Å². The van der Waals surface area contributed by atoms with Crippen molar-refractivity contribution in [1.29, 1.82) is 0 Å². The third-order valence-electron chi connectivity index (χ3n) is 4.16. The molecule has 2 atom stereocenters. The van der Waals surface area contributed by atoms with E-state index in [-0.39, 0.29) is 18.3 Å². The van der Waals surface area contributed by atoms with Crippen LogP contribution in [-0.2, 0) is 11.2 Å². The van der Waals surface area contributed by atoms with Gasteiger partial charge in [0.15, 0.2) is 0 Å². The van der Waals surface area contributed by atoms with Crippen LogP contribution in [0.1, 0.15) is 31.2 Å². The number of rotatable bonds is 5. The third-order valence-corrected chi connectivity index (χ3v) is 4.16. The van der Waals surface area contributed by atoms with Crippen molar-refractivity contribution in [2.75, 3.05) is 13.2 Å². The minimum atomic E-state index is -0.00190. The summed E-state index contributed by atoms with van der Waals surface area (Å²) in [5.74, 6) is 0.940. The quantitative estimate of drug-likeness (QED) is 0.769. The molecule has 0 spiro atoms. The summed E-state index contributed by atoms with van der Waals surface area (Å²) in [5.41, 5.74) is 0.891. The first kappa shape index (κ1) is 14.9. The van der Waals surface area contributed by atoms with Gasteiger partial charge in [-0.1, -0.05) is 25.0 Å². The lowest BCUT2D eigenvalue weighted by molar-refractivity contribution is -0.120.